The van der Waals surface area contributed by atoms with Crippen LogP contribution in [0.2, 0.25) is 5.02 Å². The van der Waals surface area contributed by atoms with Crippen LogP contribution in [0.4, 0.5) is 10.1 Å². The Hall–Kier alpha value is -0.800. The van der Waals surface area contributed by atoms with Crippen LogP contribution in [0.25, 0.3) is 0 Å². The van der Waals surface area contributed by atoms with E-state index < -0.39 is 0 Å². The van der Waals surface area contributed by atoms with E-state index in [4.69, 9.17) is 17.3 Å². The van der Waals surface area contributed by atoms with Gasteiger partial charge in [0.15, 0.2) is 0 Å². The summed E-state index contributed by atoms with van der Waals surface area (Å²) in [7, 11) is 0. The van der Waals surface area contributed by atoms with E-state index in [1.165, 1.54) is 6.07 Å². The molecule has 0 spiro atoms. The van der Waals surface area contributed by atoms with Crippen LogP contribution in [-0.2, 0) is 0 Å². The molecule has 0 radical (unpaired) electrons. The molecule has 1 aliphatic heterocycles. The summed E-state index contributed by atoms with van der Waals surface area (Å²) < 4.78 is 13.0. The summed E-state index contributed by atoms with van der Waals surface area (Å²) in [5, 5.41) is 0.183. The lowest BCUT2D eigenvalue weighted by Crippen LogP contribution is -2.39. The third-order valence-corrected chi connectivity index (χ3v) is 3.10. The van der Waals surface area contributed by atoms with Crippen molar-refractivity contribution < 1.29 is 4.39 Å². The van der Waals surface area contributed by atoms with Crippen molar-refractivity contribution in [2.24, 2.45) is 5.73 Å². The van der Waals surface area contributed by atoms with Gasteiger partial charge in [-0.2, -0.15) is 0 Å². The summed E-state index contributed by atoms with van der Waals surface area (Å²) >= 11 is 5.74. The second kappa shape index (κ2) is 4.37. The topological polar surface area (TPSA) is 29.3 Å². The summed E-state index contributed by atoms with van der Waals surface area (Å²) in [6, 6.07) is 5.15. The molecule has 15 heavy (non-hydrogen) atoms. The van der Waals surface area contributed by atoms with Crippen LogP contribution in [0, 0.1) is 5.82 Å². The zero-order valence-corrected chi connectivity index (χ0v) is 9.17. The highest BCUT2D eigenvalue weighted by Gasteiger charge is 2.16. The third kappa shape index (κ3) is 2.41. The number of anilines is 1. The first-order chi connectivity index (χ1) is 7.16. The fourth-order valence-electron chi connectivity index (χ4n) is 1.84. The lowest BCUT2D eigenvalue weighted by molar-refractivity contribution is 0.501. The average Bonchev–Trinajstić information content (AvgIpc) is 2.23. The molecular formula is C11H14ClFN2. The van der Waals surface area contributed by atoms with Gasteiger partial charge in [0.05, 0.1) is 5.02 Å². The van der Waals surface area contributed by atoms with Gasteiger partial charge in [-0.25, -0.2) is 4.39 Å². The van der Waals surface area contributed by atoms with Crippen LogP contribution >= 0.6 is 11.6 Å². The molecule has 82 valence electrons. The predicted molar refractivity (Wildman–Crippen MR) is 60.8 cm³/mol. The Morgan fingerprint density at radius 3 is 2.60 bits per heavy atom. The SMILES string of the molecule is NC1CCN(c2ccc(F)c(Cl)c2)CC1. The van der Waals surface area contributed by atoms with E-state index in [0.717, 1.165) is 31.6 Å². The maximum Gasteiger partial charge on any atom is 0.141 e. The number of piperidine rings is 1. The van der Waals surface area contributed by atoms with Gasteiger partial charge in [0.25, 0.3) is 0 Å². The standard InChI is InChI=1S/C11H14ClFN2/c12-10-7-9(1-2-11(10)13)15-5-3-8(14)4-6-15/h1-2,7-8H,3-6,14H2. The van der Waals surface area contributed by atoms with E-state index in [9.17, 15) is 4.39 Å². The molecule has 1 aromatic carbocycles. The summed E-state index contributed by atoms with van der Waals surface area (Å²) in [5.41, 5.74) is 6.80. The van der Waals surface area contributed by atoms with Crippen LogP contribution in [0.3, 0.4) is 0 Å². The summed E-state index contributed by atoms with van der Waals surface area (Å²) in [6.45, 7) is 1.84. The summed E-state index contributed by atoms with van der Waals surface area (Å²) in [5.74, 6) is -0.367. The van der Waals surface area contributed by atoms with Crippen molar-refractivity contribution in [3.8, 4) is 0 Å². The Morgan fingerprint density at radius 2 is 2.00 bits per heavy atom. The van der Waals surface area contributed by atoms with Crippen molar-refractivity contribution in [2.45, 2.75) is 18.9 Å². The first kappa shape index (κ1) is 10.7. The van der Waals surface area contributed by atoms with Crippen LogP contribution in [0.15, 0.2) is 18.2 Å². The minimum atomic E-state index is -0.367. The van der Waals surface area contributed by atoms with Gasteiger partial charge in [-0.1, -0.05) is 11.6 Å². The molecular weight excluding hydrogens is 215 g/mol. The van der Waals surface area contributed by atoms with Crippen molar-refractivity contribution in [1.29, 1.82) is 0 Å². The van der Waals surface area contributed by atoms with Gasteiger partial charge in [0.1, 0.15) is 5.82 Å². The van der Waals surface area contributed by atoms with Gasteiger partial charge in [-0.3, -0.25) is 0 Å². The van der Waals surface area contributed by atoms with Gasteiger partial charge >= 0.3 is 0 Å². The Kier molecular flexibility index (Phi) is 3.12. The van der Waals surface area contributed by atoms with Gasteiger partial charge in [0.2, 0.25) is 0 Å². The summed E-state index contributed by atoms with van der Waals surface area (Å²) in [6.07, 6.45) is 1.96. The fourth-order valence-corrected chi connectivity index (χ4v) is 2.01. The highest BCUT2D eigenvalue weighted by Crippen LogP contribution is 2.24. The van der Waals surface area contributed by atoms with Crippen molar-refractivity contribution in [3.63, 3.8) is 0 Å². The minimum absolute atomic E-state index is 0.183. The molecule has 0 aliphatic carbocycles. The molecule has 0 amide bonds. The first-order valence-corrected chi connectivity index (χ1v) is 5.50. The lowest BCUT2D eigenvalue weighted by atomic mass is 10.1. The maximum absolute atomic E-state index is 13.0. The predicted octanol–water partition coefficient (Wildman–Crippen LogP) is 2.41. The molecule has 0 bridgehead atoms. The van der Waals surface area contributed by atoms with E-state index in [1.807, 2.05) is 0 Å². The lowest BCUT2D eigenvalue weighted by Gasteiger charge is -2.32. The van der Waals surface area contributed by atoms with E-state index in [2.05, 4.69) is 4.90 Å². The zero-order valence-electron chi connectivity index (χ0n) is 8.42. The monoisotopic (exact) mass is 228 g/mol. The molecule has 1 saturated heterocycles. The maximum atomic E-state index is 13.0. The van der Waals surface area contributed by atoms with Crippen LogP contribution in [-0.4, -0.2) is 19.1 Å². The Bertz CT molecular complexity index is 348. The number of rotatable bonds is 1. The van der Waals surface area contributed by atoms with Gasteiger partial charge in [0, 0.05) is 24.8 Å². The van der Waals surface area contributed by atoms with E-state index in [1.54, 1.807) is 12.1 Å². The molecule has 1 aliphatic rings. The van der Waals surface area contributed by atoms with Gasteiger partial charge in [-0.15, -0.1) is 0 Å². The number of nitrogens with zero attached hydrogens (tertiary/aromatic N) is 1. The fraction of sp³-hybridized carbons (Fsp3) is 0.455. The molecule has 1 heterocycles. The average molecular weight is 229 g/mol. The highest BCUT2D eigenvalue weighted by molar-refractivity contribution is 6.31. The number of halogens is 2. The van der Waals surface area contributed by atoms with E-state index >= 15 is 0 Å². The Labute approximate surface area is 93.8 Å². The third-order valence-electron chi connectivity index (χ3n) is 2.81. The normalized spacial score (nSPS) is 18.2. The van der Waals surface area contributed by atoms with Crippen molar-refractivity contribution in [3.05, 3.63) is 29.0 Å². The molecule has 0 atom stereocenters. The minimum Gasteiger partial charge on any atom is -0.371 e. The summed E-state index contributed by atoms with van der Waals surface area (Å²) in [4.78, 5) is 2.19. The van der Waals surface area contributed by atoms with Crippen molar-refractivity contribution >= 4 is 17.3 Å². The van der Waals surface area contributed by atoms with Gasteiger partial charge in [-0.05, 0) is 31.0 Å². The zero-order chi connectivity index (χ0) is 10.8. The van der Waals surface area contributed by atoms with Crippen LogP contribution in [0.5, 0.6) is 0 Å². The molecule has 0 aromatic heterocycles. The largest absolute Gasteiger partial charge is 0.371 e. The molecule has 0 unspecified atom stereocenters. The Morgan fingerprint density at radius 1 is 1.33 bits per heavy atom. The van der Waals surface area contributed by atoms with Crippen molar-refractivity contribution in [2.75, 3.05) is 18.0 Å². The van der Waals surface area contributed by atoms with Crippen molar-refractivity contribution in [1.82, 2.24) is 0 Å². The second-order valence-electron chi connectivity index (χ2n) is 3.92. The van der Waals surface area contributed by atoms with Gasteiger partial charge < -0.3 is 10.6 Å². The molecule has 1 aromatic rings. The molecule has 0 saturated carbocycles. The number of benzene rings is 1. The molecule has 2 rings (SSSR count). The molecule has 2 N–H and O–H groups in total. The number of nitrogens with two attached hydrogens (primary N) is 1. The smallest absolute Gasteiger partial charge is 0.141 e. The molecule has 4 heteroatoms. The quantitative estimate of drug-likeness (QED) is 0.800. The van der Waals surface area contributed by atoms with Crippen LogP contribution in [0.1, 0.15) is 12.8 Å². The van der Waals surface area contributed by atoms with Crippen LogP contribution < -0.4 is 10.6 Å². The number of hydrogen-bond acceptors (Lipinski definition) is 2. The Balaban J connectivity index is 2.12. The van der Waals surface area contributed by atoms with E-state index in [0.29, 0.717) is 6.04 Å². The first-order valence-electron chi connectivity index (χ1n) is 5.12. The van der Waals surface area contributed by atoms with E-state index in [-0.39, 0.29) is 10.8 Å². The molecule has 2 nitrogen and oxygen atoms in total. The molecule has 1 fully saturated rings. The second-order valence-corrected chi connectivity index (χ2v) is 4.33. The number of hydrogen-bond donors (Lipinski definition) is 1. The highest BCUT2D eigenvalue weighted by atomic mass is 35.5.